The molecule has 2 amide bonds. The molecule has 0 saturated heterocycles. The zero-order valence-electron chi connectivity index (χ0n) is 13.9. The topological polar surface area (TPSA) is 72.2 Å². The van der Waals surface area contributed by atoms with E-state index in [1.807, 2.05) is 44.2 Å². The number of carbonyl (C=O) groups is 2. The Labute approximate surface area is 133 Å². The van der Waals surface area contributed by atoms with Gasteiger partial charge in [0.25, 0.3) is 5.91 Å². The van der Waals surface area contributed by atoms with Crippen molar-refractivity contribution in [3.8, 4) is 0 Å². The summed E-state index contributed by atoms with van der Waals surface area (Å²) in [5, 5.41) is 2.70. The Kier molecular flexibility index (Phi) is 9.27. The highest BCUT2D eigenvalue weighted by Gasteiger charge is 2.02. The van der Waals surface area contributed by atoms with Crippen molar-refractivity contribution in [2.75, 3.05) is 5.32 Å². The summed E-state index contributed by atoms with van der Waals surface area (Å²) in [5.41, 5.74) is 8.29. The lowest BCUT2D eigenvalue weighted by atomic mass is 10.0. The van der Waals surface area contributed by atoms with Gasteiger partial charge in [-0.05, 0) is 38.8 Å². The van der Waals surface area contributed by atoms with E-state index in [4.69, 9.17) is 5.73 Å². The molecule has 4 heteroatoms. The number of anilines is 1. The Morgan fingerprint density at radius 1 is 1.09 bits per heavy atom. The van der Waals surface area contributed by atoms with E-state index in [1.165, 1.54) is 0 Å². The molecular formula is C18H26N2O2. The molecule has 0 spiro atoms. The molecule has 0 saturated carbocycles. The minimum atomic E-state index is -0.293. The van der Waals surface area contributed by atoms with Crippen LogP contribution in [-0.2, 0) is 9.59 Å². The standard InChI is InChI=1S/C10H11NO.C8H15NO/c1-8(2)10(12)11-9-6-4-3-5-7-9;1-4-7(5-2)6(3)8(9)10/h3-7H,1H2,2H3,(H,11,12);4-5H2,1-3H3,(H2,9,10). The van der Waals surface area contributed by atoms with Gasteiger partial charge in [-0.15, -0.1) is 0 Å². The number of benzene rings is 1. The molecule has 0 aliphatic carbocycles. The van der Waals surface area contributed by atoms with E-state index in [0.29, 0.717) is 5.57 Å². The Morgan fingerprint density at radius 2 is 1.59 bits per heavy atom. The molecule has 0 aromatic heterocycles. The smallest absolute Gasteiger partial charge is 0.250 e. The molecule has 0 atom stereocenters. The molecule has 1 rings (SSSR count). The summed E-state index contributed by atoms with van der Waals surface area (Å²) < 4.78 is 0. The number of hydrogen-bond acceptors (Lipinski definition) is 2. The highest BCUT2D eigenvalue weighted by atomic mass is 16.2. The first kappa shape index (κ1) is 19.6. The van der Waals surface area contributed by atoms with E-state index in [0.717, 1.165) is 29.7 Å². The number of allylic oxidation sites excluding steroid dienone is 1. The van der Waals surface area contributed by atoms with Gasteiger partial charge >= 0.3 is 0 Å². The molecule has 0 aliphatic heterocycles. The molecule has 1 aromatic carbocycles. The summed E-state index contributed by atoms with van der Waals surface area (Å²) in [6, 6.07) is 9.31. The number of para-hydroxylation sites is 1. The highest BCUT2D eigenvalue weighted by Crippen LogP contribution is 2.11. The number of nitrogens with two attached hydrogens (primary N) is 1. The van der Waals surface area contributed by atoms with Gasteiger partial charge in [0.15, 0.2) is 0 Å². The third-order valence-electron chi connectivity index (χ3n) is 3.17. The summed E-state index contributed by atoms with van der Waals surface area (Å²) in [4.78, 5) is 21.7. The lowest BCUT2D eigenvalue weighted by Gasteiger charge is -2.02. The fourth-order valence-electron chi connectivity index (χ4n) is 1.71. The van der Waals surface area contributed by atoms with Gasteiger partial charge in [-0.1, -0.05) is 44.2 Å². The van der Waals surface area contributed by atoms with E-state index in [2.05, 4.69) is 11.9 Å². The van der Waals surface area contributed by atoms with Crippen molar-refractivity contribution in [3.63, 3.8) is 0 Å². The minimum Gasteiger partial charge on any atom is -0.366 e. The van der Waals surface area contributed by atoms with Crippen LogP contribution >= 0.6 is 0 Å². The highest BCUT2D eigenvalue weighted by molar-refractivity contribution is 6.02. The SMILES string of the molecule is C=C(C)C(=O)Nc1ccccc1.CCC(CC)=C(C)C(N)=O. The summed E-state index contributed by atoms with van der Waals surface area (Å²) in [7, 11) is 0. The van der Waals surface area contributed by atoms with Crippen LogP contribution < -0.4 is 11.1 Å². The van der Waals surface area contributed by atoms with E-state index in [1.54, 1.807) is 13.8 Å². The van der Waals surface area contributed by atoms with Crippen molar-refractivity contribution in [1.82, 2.24) is 0 Å². The molecule has 4 nitrogen and oxygen atoms in total. The van der Waals surface area contributed by atoms with Crippen molar-refractivity contribution in [3.05, 3.63) is 53.6 Å². The van der Waals surface area contributed by atoms with E-state index in [9.17, 15) is 9.59 Å². The Hall–Kier alpha value is -2.36. The fraction of sp³-hybridized carbons (Fsp3) is 0.333. The summed E-state index contributed by atoms with van der Waals surface area (Å²) in [6.45, 7) is 11.1. The van der Waals surface area contributed by atoms with E-state index in [-0.39, 0.29) is 11.8 Å². The van der Waals surface area contributed by atoms with Crippen LogP contribution in [0.25, 0.3) is 0 Å². The van der Waals surface area contributed by atoms with Crippen LogP contribution in [0.15, 0.2) is 53.6 Å². The number of hydrogen-bond donors (Lipinski definition) is 2. The molecule has 1 aromatic rings. The fourth-order valence-corrected chi connectivity index (χ4v) is 1.71. The molecule has 120 valence electrons. The number of primary amides is 1. The van der Waals surface area contributed by atoms with E-state index < -0.39 is 0 Å². The third-order valence-corrected chi connectivity index (χ3v) is 3.17. The van der Waals surface area contributed by atoms with Crippen LogP contribution in [0.2, 0.25) is 0 Å². The van der Waals surface area contributed by atoms with Crippen molar-refractivity contribution in [2.24, 2.45) is 5.73 Å². The number of nitrogens with one attached hydrogen (secondary N) is 1. The van der Waals surface area contributed by atoms with Crippen LogP contribution in [0.5, 0.6) is 0 Å². The van der Waals surface area contributed by atoms with Gasteiger partial charge < -0.3 is 11.1 Å². The molecule has 22 heavy (non-hydrogen) atoms. The lowest BCUT2D eigenvalue weighted by Crippen LogP contribution is -2.13. The predicted octanol–water partition coefficient (Wildman–Crippen LogP) is 3.81. The third kappa shape index (κ3) is 7.43. The largest absolute Gasteiger partial charge is 0.366 e. The van der Waals surface area contributed by atoms with E-state index >= 15 is 0 Å². The zero-order valence-corrected chi connectivity index (χ0v) is 13.9. The van der Waals surface area contributed by atoms with Crippen molar-refractivity contribution >= 4 is 17.5 Å². The summed E-state index contributed by atoms with van der Waals surface area (Å²) in [5.74, 6) is -0.431. The maximum Gasteiger partial charge on any atom is 0.250 e. The average molecular weight is 302 g/mol. The lowest BCUT2D eigenvalue weighted by molar-refractivity contribution is -0.114. The van der Waals surface area contributed by atoms with Gasteiger partial charge in [-0.3, -0.25) is 9.59 Å². The summed E-state index contributed by atoms with van der Waals surface area (Å²) >= 11 is 0. The van der Waals surface area contributed by atoms with Crippen LogP contribution in [-0.4, -0.2) is 11.8 Å². The normalized spacial score (nSPS) is 9.09. The van der Waals surface area contributed by atoms with Gasteiger partial charge in [0, 0.05) is 16.8 Å². The second-order valence-corrected chi connectivity index (χ2v) is 4.90. The second-order valence-electron chi connectivity index (χ2n) is 4.90. The van der Waals surface area contributed by atoms with Crippen molar-refractivity contribution < 1.29 is 9.59 Å². The van der Waals surface area contributed by atoms with Crippen LogP contribution in [0.1, 0.15) is 40.5 Å². The zero-order chi connectivity index (χ0) is 17.1. The molecule has 0 unspecified atom stereocenters. The Bertz CT molecular complexity index is 539. The summed E-state index contributed by atoms with van der Waals surface area (Å²) in [6.07, 6.45) is 1.84. The first-order chi connectivity index (χ1) is 10.3. The second kappa shape index (κ2) is 10.4. The molecule has 0 fully saturated rings. The molecule has 0 heterocycles. The number of carbonyl (C=O) groups excluding carboxylic acids is 2. The Morgan fingerprint density at radius 3 is 1.91 bits per heavy atom. The first-order valence-electron chi connectivity index (χ1n) is 7.33. The molecular weight excluding hydrogens is 276 g/mol. The van der Waals surface area contributed by atoms with Gasteiger partial charge in [-0.25, -0.2) is 0 Å². The molecule has 0 radical (unpaired) electrons. The van der Waals surface area contributed by atoms with Gasteiger partial charge in [0.05, 0.1) is 0 Å². The average Bonchev–Trinajstić information content (AvgIpc) is 2.49. The number of rotatable bonds is 5. The van der Waals surface area contributed by atoms with Gasteiger partial charge in [0.1, 0.15) is 0 Å². The maximum absolute atomic E-state index is 11.1. The van der Waals surface area contributed by atoms with Gasteiger partial charge in [0.2, 0.25) is 5.91 Å². The van der Waals surface area contributed by atoms with Crippen LogP contribution in [0, 0.1) is 0 Å². The maximum atomic E-state index is 11.1. The number of amides is 2. The van der Waals surface area contributed by atoms with Gasteiger partial charge in [-0.2, -0.15) is 0 Å². The van der Waals surface area contributed by atoms with Crippen molar-refractivity contribution in [1.29, 1.82) is 0 Å². The first-order valence-corrected chi connectivity index (χ1v) is 7.33. The predicted molar refractivity (Wildman–Crippen MR) is 92.4 cm³/mol. The monoisotopic (exact) mass is 302 g/mol. The minimum absolute atomic E-state index is 0.138. The van der Waals surface area contributed by atoms with Crippen LogP contribution in [0.4, 0.5) is 5.69 Å². The molecule has 0 bridgehead atoms. The van der Waals surface area contributed by atoms with Crippen LogP contribution in [0.3, 0.4) is 0 Å². The molecule has 0 aliphatic rings. The van der Waals surface area contributed by atoms with Crippen molar-refractivity contribution in [2.45, 2.75) is 40.5 Å². The quantitative estimate of drug-likeness (QED) is 0.812. The Balaban J connectivity index is 0.000000409. The molecule has 3 N–H and O–H groups in total.